The monoisotopic (exact) mass is 296 g/mol. The van der Waals surface area contributed by atoms with Gasteiger partial charge in [-0.3, -0.25) is 0 Å². The van der Waals surface area contributed by atoms with Crippen LogP contribution in [0.2, 0.25) is 0 Å². The lowest BCUT2D eigenvalue weighted by molar-refractivity contribution is -0.00220. The van der Waals surface area contributed by atoms with E-state index in [0.29, 0.717) is 17.4 Å². The Morgan fingerprint density at radius 3 is 2.36 bits per heavy atom. The summed E-state index contributed by atoms with van der Waals surface area (Å²) >= 11 is 0. The molecule has 0 fully saturated rings. The molecule has 0 saturated heterocycles. The van der Waals surface area contributed by atoms with Crippen LogP contribution in [0, 0.1) is 0 Å². The number of hydrogen-bond acceptors (Lipinski definition) is 2. The van der Waals surface area contributed by atoms with Crippen LogP contribution in [0.25, 0.3) is 10.8 Å². The van der Waals surface area contributed by atoms with Gasteiger partial charge >= 0.3 is 5.97 Å². The number of esters is 1. The van der Waals surface area contributed by atoms with Gasteiger partial charge in [0.2, 0.25) is 0 Å². The van der Waals surface area contributed by atoms with Gasteiger partial charge in [0.15, 0.2) is 0 Å². The normalized spacial score (nSPS) is 20.4. The molecule has 0 heterocycles. The fourth-order valence-corrected chi connectivity index (χ4v) is 3.32. The molecule has 2 aromatic rings. The summed E-state index contributed by atoms with van der Waals surface area (Å²) in [4.78, 5) is 12.6. The molecule has 1 aliphatic rings. The lowest BCUT2D eigenvalue weighted by atomic mass is 9.93. The maximum atomic E-state index is 12.6. The van der Waals surface area contributed by atoms with Crippen molar-refractivity contribution in [3.8, 4) is 0 Å². The summed E-state index contributed by atoms with van der Waals surface area (Å²) in [7, 11) is 0. The quantitative estimate of drug-likeness (QED) is 0.708. The zero-order valence-corrected chi connectivity index (χ0v) is 14.1. The molecule has 0 radical (unpaired) electrons. The molecule has 2 heteroatoms. The summed E-state index contributed by atoms with van der Waals surface area (Å²) in [5.41, 5.74) is 2.96. The molecule has 0 aliphatic heterocycles. The zero-order valence-electron chi connectivity index (χ0n) is 14.1. The number of rotatable bonds is 3. The highest BCUT2D eigenvalue weighted by molar-refractivity contribution is 6.07. The van der Waals surface area contributed by atoms with Gasteiger partial charge in [0.25, 0.3) is 0 Å². The SMILES string of the molecule is CCC(C)(C)OC(=O)c1ccc2c3c(cccc13)C(C)C2C. The van der Waals surface area contributed by atoms with Crippen molar-refractivity contribution in [3.63, 3.8) is 0 Å². The third-order valence-electron chi connectivity index (χ3n) is 5.28. The Balaban J connectivity index is 2.13. The van der Waals surface area contributed by atoms with Gasteiger partial charge in [0, 0.05) is 0 Å². The topological polar surface area (TPSA) is 26.3 Å². The van der Waals surface area contributed by atoms with E-state index in [2.05, 4.69) is 32.0 Å². The number of hydrogen-bond donors (Lipinski definition) is 0. The molecule has 0 saturated carbocycles. The van der Waals surface area contributed by atoms with Gasteiger partial charge in [-0.1, -0.05) is 45.0 Å². The smallest absolute Gasteiger partial charge is 0.339 e. The first-order chi connectivity index (χ1) is 10.4. The molecule has 0 amide bonds. The predicted molar refractivity (Wildman–Crippen MR) is 90.6 cm³/mol. The van der Waals surface area contributed by atoms with E-state index in [1.807, 2.05) is 32.9 Å². The number of ether oxygens (including phenoxy) is 1. The molecule has 0 spiro atoms. The van der Waals surface area contributed by atoms with Crippen LogP contribution >= 0.6 is 0 Å². The Labute approximate surface area is 132 Å². The number of carbonyl (C=O) groups is 1. The van der Waals surface area contributed by atoms with Crippen molar-refractivity contribution in [3.05, 3.63) is 47.0 Å². The van der Waals surface area contributed by atoms with Gasteiger partial charge in [-0.25, -0.2) is 4.79 Å². The van der Waals surface area contributed by atoms with Gasteiger partial charge in [0.05, 0.1) is 5.56 Å². The average Bonchev–Trinajstić information content (AvgIpc) is 2.74. The van der Waals surface area contributed by atoms with Crippen LogP contribution in [-0.2, 0) is 4.74 Å². The molecule has 2 aromatic carbocycles. The van der Waals surface area contributed by atoms with Crippen LogP contribution in [0.1, 0.15) is 74.4 Å². The van der Waals surface area contributed by atoms with Gasteiger partial charge in [-0.05, 0) is 60.1 Å². The largest absolute Gasteiger partial charge is 0.456 e. The lowest BCUT2D eigenvalue weighted by Gasteiger charge is -2.23. The molecule has 2 unspecified atom stereocenters. The van der Waals surface area contributed by atoms with E-state index < -0.39 is 5.60 Å². The fourth-order valence-electron chi connectivity index (χ4n) is 3.32. The van der Waals surface area contributed by atoms with Crippen LogP contribution in [0.15, 0.2) is 30.3 Å². The minimum atomic E-state index is -0.430. The van der Waals surface area contributed by atoms with Crippen molar-refractivity contribution < 1.29 is 9.53 Å². The van der Waals surface area contributed by atoms with Crippen LogP contribution in [0.4, 0.5) is 0 Å². The highest BCUT2D eigenvalue weighted by atomic mass is 16.6. The molecule has 2 atom stereocenters. The number of carbonyl (C=O) groups excluding carboxylic acids is 1. The fraction of sp³-hybridized carbons (Fsp3) is 0.450. The van der Waals surface area contributed by atoms with Crippen LogP contribution in [0.5, 0.6) is 0 Å². The van der Waals surface area contributed by atoms with Crippen LogP contribution < -0.4 is 0 Å². The van der Waals surface area contributed by atoms with E-state index in [0.717, 1.165) is 11.8 Å². The van der Waals surface area contributed by atoms with E-state index in [1.54, 1.807) is 0 Å². The molecular weight excluding hydrogens is 272 g/mol. The van der Waals surface area contributed by atoms with Crippen molar-refractivity contribution in [1.82, 2.24) is 0 Å². The summed E-state index contributed by atoms with van der Waals surface area (Å²) < 4.78 is 5.70. The van der Waals surface area contributed by atoms with Crippen molar-refractivity contribution in [2.24, 2.45) is 0 Å². The lowest BCUT2D eigenvalue weighted by Crippen LogP contribution is -2.27. The molecule has 22 heavy (non-hydrogen) atoms. The van der Waals surface area contributed by atoms with E-state index in [1.165, 1.54) is 16.5 Å². The highest BCUT2D eigenvalue weighted by Crippen LogP contribution is 2.46. The zero-order chi connectivity index (χ0) is 16.1. The molecular formula is C20H24O2. The summed E-state index contributed by atoms with van der Waals surface area (Å²) in [6, 6.07) is 10.3. The van der Waals surface area contributed by atoms with E-state index in [4.69, 9.17) is 4.74 Å². The maximum absolute atomic E-state index is 12.6. The van der Waals surface area contributed by atoms with E-state index in [9.17, 15) is 4.79 Å². The first-order valence-electron chi connectivity index (χ1n) is 8.14. The first-order valence-corrected chi connectivity index (χ1v) is 8.14. The van der Waals surface area contributed by atoms with E-state index in [-0.39, 0.29) is 5.97 Å². The summed E-state index contributed by atoms with van der Waals surface area (Å²) in [5, 5.41) is 2.29. The van der Waals surface area contributed by atoms with Gasteiger partial charge < -0.3 is 4.74 Å². The second-order valence-electron chi connectivity index (χ2n) is 7.05. The Bertz CT molecular complexity index is 728. The van der Waals surface area contributed by atoms with Crippen molar-refractivity contribution >= 4 is 16.7 Å². The molecule has 0 bridgehead atoms. The van der Waals surface area contributed by atoms with Gasteiger partial charge in [0.1, 0.15) is 5.60 Å². The molecule has 116 valence electrons. The summed E-state index contributed by atoms with van der Waals surface area (Å²) in [6.45, 7) is 10.5. The Morgan fingerprint density at radius 2 is 1.73 bits per heavy atom. The third kappa shape index (κ3) is 2.22. The molecule has 3 rings (SSSR count). The Kier molecular flexibility index (Phi) is 3.51. The minimum Gasteiger partial charge on any atom is -0.456 e. The second-order valence-corrected chi connectivity index (χ2v) is 7.05. The molecule has 2 nitrogen and oxygen atoms in total. The molecule has 0 N–H and O–H groups in total. The standard InChI is InChI=1S/C20H24O2/c1-6-20(4,5)22-19(21)17-11-10-15-13(3)12(2)14-8-7-9-16(17)18(14)15/h7-13H,6H2,1-5H3. The molecule has 1 aliphatic carbocycles. The summed E-state index contributed by atoms with van der Waals surface area (Å²) in [5.74, 6) is 0.775. The second kappa shape index (κ2) is 5.12. The Morgan fingerprint density at radius 1 is 1.09 bits per heavy atom. The minimum absolute atomic E-state index is 0.220. The van der Waals surface area contributed by atoms with Crippen LogP contribution in [-0.4, -0.2) is 11.6 Å². The van der Waals surface area contributed by atoms with Crippen LogP contribution in [0.3, 0.4) is 0 Å². The summed E-state index contributed by atoms with van der Waals surface area (Å²) in [6.07, 6.45) is 0.800. The number of benzene rings is 2. The maximum Gasteiger partial charge on any atom is 0.339 e. The Hall–Kier alpha value is -1.83. The molecule has 0 aromatic heterocycles. The average molecular weight is 296 g/mol. The van der Waals surface area contributed by atoms with Gasteiger partial charge in [-0.2, -0.15) is 0 Å². The third-order valence-corrected chi connectivity index (χ3v) is 5.28. The van der Waals surface area contributed by atoms with Crippen molar-refractivity contribution in [2.45, 2.75) is 58.5 Å². The first kappa shape index (κ1) is 15.1. The van der Waals surface area contributed by atoms with E-state index >= 15 is 0 Å². The predicted octanol–water partition coefficient (Wildman–Crippen LogP) is 5.41. The highest BCUT2D eigenvalue weighted by Gasteiger charge is 2.30. The van der Waals surface area contributed by atoms with Crippen molar-refractivity contribution in [2.75, 3.05) is 0 Å². The van der Waals surface area contributed by atoms with Crippen molar-refractivity contribution in [1.29, 1.82) is 0 Å². The van der Waals surface area contributed by atoms with Gasteiger partial charge in [-0.15, -0.1) is 0 Å².